The zero-order valence-electron chi connectivity index (χ0n) is 15.1. The van der Waals surface area contributed by atoms with Crippen LogP contribution in [0.1, 0.15) is 40.0 Å². The molecule has 0 aliphatic carbocycles. The molecule has 0 radical (unpaired) electrons. The Kier molecular flexibility index (Phi) is 6.64. The summed E-state index contributed by atoms with van der Waals surface area (Å²) >= 11 is 3.29. The van der Waals surface area contributed by atoms with E-state index in [-0.39, 0.29) is 22.8 Å². The Hall–Kier alpha value is -2.03. The predicted molar refractivity (Wildman–Crippen MR) is 108 cm³/mol. The zero-order valence-corrected chi connectivity index (χ0v) is 17.5. The number of hydrogen-bond donors (Lipinski definition) is 0. The molecule has 2 aromatic rings. The number of rotatable bonds is 6. The normalized spacial score (nSPS) is 15.2. The van der Waals surface area contributed by atoms with Gasteiger partial charge < -0.3 is 4.74 Å². The van der Waals surface area contributed by atoms with Crippen molar-refractivity contribution in [3.63, 3.8) is 0 Å². The van der Waals surface area contributed by atoms with E-state index in [0.29, 0.717) is 18.7 Å². The standard InChI is InChI=1S/C20H20BrNO5S/c21-17-8-4-15(5-9-17)19(23)14-27-20(24)16-6-10-18(11-7-16)28(25,26)22-12-2-1-3-13-22/h4-11H,1-3,12-14H2. The minimum atomic E-state index is -3.55. The summed E-state index contributed by atoms with van der Waals surface area (Å²) < 4.78 is 32.6. The van der Waals surface area contributed by atoms with E-state index in [1.54, 1.807) is 24.3 Å². The van der Waals surface area contributed by atoms with Crippen LogP contribution in [-0.4, -0.2) is 44.2 Å². The second kappa shape index (κ2) is 8.98. The molecule has 8 heteroatoms. The summed E-state index contributed by atoms with van der Waals surface area (Å²) in [6.07, 6.45) is 2.75. The van der Waals surface area contributed by atoms with Crippen LogP contribution in [0.25, 0.3) is 0 Å². The number of halogens is 1. The highest BCUT2D eigenvalue weighted by molar-refractivity contribution is 9.10. The van der Waals surface area contributed by atoms with Crippen LogP contribution in [0.3, 0.4) is 0 Å². The van der Waals surface area contributed by atoms with Gasteiger partial charge in [0.1, 0.15) is 0 Å². The van der Waals surface area contributed by atoms with E-state index in [1.807, 2.05) is 0 Å². The lowest BCUT2D eigenvalue weighted by Crippen LogP contribution is -2.35. The highest BCUT2D eigenvalue weighted by atomic mass is 79.9. The van der Waals surface area contributed by atoms with Gasteiger partial charge in [-0.25, -0.2) is 13.2 Å². The van der Waals surface area contributed by atoms with Crippen molar-refractivity contribution in [1.29, 1.82) is 0 Å². The molecular weight excluding hydrogens is 446 g/mol. The first-order valence-corrected chi connectivity index (χ1v) is 11.2. The highest BCUT2D eigenvalue weighted by Gasteiger charge is 2.26. The fourth-order valence-electron chi connectivity index (χ4n) is 2.95. The van der Waals surface area contributed by atoms with Crippen molar-refractivity contribution in [2.75, 3.05) is 19.7 Å². The van der Waals surface area contributed by atoms with E-state index in [2.05, 4.69) is 15.9 Å². The molecule has 0 unspecified atom stereocenters. The van der Waals surface area contributed by atoms with E-state index in [9.17, 15) is 18.0 Å². The van der Waals surface area contributed by atoms with E-state index in [4.69, 9.17) is 4.74 Å². The Balaban J connectivity index is 1.62. The molecule has 0 N–H and O–H groups in total. The number of esters is 1. The first kappa shape index (κ1) is 20.7. The van der Waals surface area contributed by atoms with E-state index < -0.39 is 16.0 Å². The van der Waals surface area contributed by atoms with Crippen LogP contribution < -0.4 is 0 Å². The molecule has 148 valence electrons. The average molecular weight is 466 g/mol. The topological polar surface area (TPSA) is 80.8 Å². The minimum absolute atomic E-state index is 0.150. The molecule has 0 spiro atoms. The smallest absolute Gasteiger partial charge is 0.338 e. The second-order valence-corrected chi connectivity index (χ2v) is 9.35. The number of carbonyl (C=O) groups excluding carboxylic acids is 2. The molecule has 1 heterocycles. The van der Waals surface area contributed by atoms with Crippen molar-refractivity contribution in [2.45, 2.75) is 24.2 Å². The summed E-state index contributed by atoms with van der Waals surface area (Å²) in [6.45, 7) is 0.656. The van der Waals surface area contributed by atoms with Crippen LogP contribution in [0.4, 0.5) is 0 Å². The van der Waals surface area contributed by atoms with Crippen LogP contribution >= 0.6 is 15.9 Å². The second-order valence-electron chi connectivity index (χ2n) is 6.50. The van der Waals surface area contributed by atoms with Gasteiger partial charge in [0, 0.05) is 23.1 Å². The number of ether oxygens (including phenoxy) is 1. The third-order valence-electron chi connectivity index (χ3n) is 4.54. The van der Waals surface area contributed by atoms with Crippen LogP contribution in [0.2, 0.25) is 0 Å². The molecule has 1 fully saturated rings. The van der Waals surface area contributed by atoms with Crippen molar-refractivity contribution in [1.82, 2.24) is 4.31 Å². The monoisotopic (exact) mass is 465 g/mol. The molecule has 2 aromatic carbocycles. The molecule has 1 aliphatic rings. The first-order valence-electron chi connectivity index (χ1n) is 8.94. The van der Waals surface area contributed by atoms with Gasteiger partial charge in [-0.3, -0.25) is 4.79 Å². The molecule has 6 nitrogen and oxygen atoms in total. The van der Waals surface area contributed by atoms with E-state index >= 15 is 0 Å². The van der Waals surface area contributed by atoms with Gasteiger partial charge in [0.2, 0.25) is 10.0 Å². The number of ketones is 1. The van der Waals surface area contributed by atoms with Gasteiger partial charge in [-0.15, -0.1) is 0 Å². The number of sulfonamides is 1. The van der Waals surface area contributed by atoms with Crippen molar-refractivity contribution >= 4 is 37.7 Å². The van der Waals surface area contributed by atoms with Crippen LogP contribution in [0, 0.1) is 0 Å². The summed E-state index contributed by atoms with van der Waals surface area (Å²) in [5.74, 6) is -0.988. The number of carbonyl (C=O) groups is 2. The van der Waals surface area contributed by atoms with Crippen molar-refractivity contribution in [3.8, 4) is 0 Å². The fourth-order valence-corrected chi connectivity index (χ4v) is 4.73. The highest BCUT2D eigenvalue weighted by Crippen LogP contribution is 2.21. The Morgan fingerprint density at radius 1 is 0.893 bits per heavy atom. The molecule has 0 bridgehead atoms. The third kappa shape index (κ3) is 4.87. The lowest BCUT2D eigenvalue weighted by atomic mass is 10.1. The van der Waals surface area contributed by atoms with Gasteiger partial charge in [0.05, 0.1) is 10.5 Å². The van der Waals surface area contributed by atoms with Gasteiger partial charge in [-0.1, -0.05) is 34.5 Å². The van der Waals surface area contributed by atoms with Crippen molar-refractivity contribution < 1.29 is 22.7 Å². The number of nitrogens with zero attached hydrogens (tertiary/aromatic N) is 1. The molecule has 3 rings (SSSR count). The van der Waals surface area contributed by atoms with Crippen LogP contribution in [0.5, 0.6) is 0 Å². The summed E-state index contributed by atoms with van der Waals surface area (Å²) in [6, 6.07) is 12.4. The Bertz CT molecular complexity index is 949. The lowest BCUT2D eigenvalue weighted by Gasteiger charge is -2.25. The van der Waals surface area contributed by atoms with Crippen molar-refractivity contribution in [2.24, 2.45) is 0 Å². The van der Waals surface area contributed by atoms with E-state index in [0.717, 1.165) is 23.7 Å². The van der Waals surface area contributed by atoms with Gasteiger partial charge >= 0.3 is 5.97 Å². The number of benzene rings is 2. The molecule has 0 amide bonds. The first-order chi connectivity index (χ1) is 13.4. The summed E-state index contributed by atoms with van der Waals surface area (Å²) in [4.78, 5) is 24.4. The molecule has 1 saturated heterocycles. The average Bonchev–Trinajstić information content (AvgIpc) is 2.73. The lowest BCUT2D eigenvalue weighted by molar-refractivity contribution is 0.0474. The fraction of sp³-hybridized carbons (Fsp3) is 0.300. The number of hydrogen-bond acceptors (Lipinski definition) is 5. The van der Waals surface area contributed by atoms with Crippen LogP contribution in [0.15, 0.2) is 57.9 Å². The van der Waals surface area contributed by atoms with Gasteiger partial charge in [-0.05, 0) is 49.2 Å². The van der Waals surface area contributed by atoms with Gasteiger partial charge in [-0.2, -0.15) is 4.31 Å². The van der Waals surface area contributed by atoms with E-state index in [1.165, 1.54) is 28.6 Å². The Morgan fingerprint density at radius 3 is 2.07 bits per heavy atom. The van der Waals surface area contributed by atoms with Gasteiger partial charge in [0.25, 0.3) is 0 Å². The maximum atomic E-state index is 12.6. The largest absolute Gasteiger partial charge is 0.454 e. The third-order valence-corrected chi connectivity index (χ3v) is 6.98. The van der Waals surface area contributed by atoms with Gasteiger partial charge in [0.15, 0.2) is 12.4 Å². The quantitative estimate of drug-likeness (QED) is 0.480. The SMILES string of the molecule is O=C(COC(=O)c1ccc(S(=O)(=O)N2CCCCC2)cc1)c1ccc(Br)cc1. The molecule has 1 aliphatic heterocycles. The summed E-state index contributed by atoms with van der Waals surface area (Å²) in [7, 11) is -3.55. The van der Waals surface area contributed by atoms with Crippen LogP contribution in [-0.2, 0) is 14.8 Å². The predicted octanol–water partition coefficient (Wildman–Crippen LogP) is 3.66. The number of piperidine rings is 1. The zero-order chi connectivity index (χ0) is 20.1. The number of Topliss-reactive ketones (excluding diaryl/α,β-unsaturated/α-hetero) is 1. The molecule has 0 atom stereocenters. The molecule has 28 heavy (non-hydrogen) atoms. The Labute approximate surface area is 172 Å². The maximum absolute atomic E-state index is 12.6. The Morgan fingerprint density at radius 2 is 1.46 bits per heavy atom. The molecular formula is C20H20BrNO5S. The molecule has 0 aromatic heterocycles. The summed E-state index contributed by atoms with van der Waals surface area (Å²) in [5.41, 5.74) is 0.639. The maximum Gasteiger partial charge on any atom is 0.338 e. The summed E-state index contributed by atoms with van der Waals surface area (Å²) in [5, 5.41) is 0. The van der Waals surface area contributed by atoms with Crippen molar-refractivity contribution in [3.05, 3.63) is 64.1 Å². The molecule has 0 saturated carbocycles. The minimum Gasteiger partial charge on any atom is -0.454 e.